The highest BCUT2D eigenvalue weighted by Crippen LogP contribution is 2.33. The largest absolute Gasteiger partial charge is 0.354 e. The third-order valence-corrected chi connectivity index (χ3v) is 6.16. The van der Waals surface area contributed by atoms with Crippen molar-refractivity contribution in [1.29, 1.82) is 0 Å². The summed E-state index contributed by atoms with van der Waals surface area (Å²) >= 11 is 0. The summed E-state index contributed by atoms with van der Waals surface area (Å²) in [6.45, 7) is 8.67. The number of carbonyl (C=O) groups excluding carboxylic acids is 1. The molecule has 0 aliphatic heterocycles. The van der Waals surface area contributed by atoms with Gasteiger partial charge in [-0.2, -0.15) is 4.94 Å². The number of non-ortho nitro benzene ring substituents is 1. The minimum atomic E-state index is -0.555. The number of rotatable bonds is 11. The molecule has 0 aromatic heterocycles. The van der Waals surface area contributed by atoms with Crippen LogP contribution in [0, 0.1) is 23.0 Å². The van der Waals surface area contributed by atoms with Crippen LogP contribution in [-0.4, -0.2) is 23.4 Å². The van der Waals surface area contributed by atoms with Crippen molar-refractivity contribution in [2.24, 2.45) is 5.92 Å². The van der Waals surface area contributed by atoms with Crippen LogP contribution in [0.2, 0.25) is 0 Å². The van der Waals surface area contributed by atoms with Crippen molar-refractivity contribution in [3.63, 3.8) is 0 Å². The van der Waals surface area contributed by atoms with Gasteiger partial charge in [-0.1, -0.05) is 64.7 Å². The molecule has 0 heterocycles. The molecule has 1 aliphatic carbocycles. The zero-order chi connectivity index (χ0) is 25.6. The van der Waals surface area contributed by atoms with Gasteiger partial charge in [0.05, 0.1) is 16.3 Å². The van der Waals surface area contributed by atoms with Crippen LogP contribution >= 0.6 is 0 Å². The first-order chi connectivity index (χ1) is 17.0. The Morgan fingerprint density at radius 3 is 2.37 bits per heavy atom. The Morgan fingerprint density at radius 1 is 1.11 bits per heavy atom. The number of anilines is 2. The van der Waals surface area contributed by atoms with Crippen molar-refractivity contribution in [3.05, 3.63) is 64.2 Å². The number of hydrogen-bond donors (Lipinski definition) is 2. The van der Waals surface area contributed by atoms with Crippen LogP contribution in [-0.2, 0) is 9.73 Å². The fraction of sp³-hybridized carbons (Fsp3) is 0.519. The SMILES string of the molecule is CC.CCCCNC(=O)C(C1CCCCC1)N(ONc1ccccc1C)c1ccc([N+](=O)[O-])cc1. The average molecular weight is 485 g/mol. The van der Waals surface area contributed by atoms with E-state index in [0.717, 1.165) is 49.8 Å². The van der Waals surface area contributed by atoms with Crippen LogP contribution in [0.5, 0.6) is 0 Å². The predicted molar refractivity (Wildman–Crippen MR) is 141 cm³/mol. The van der Waals surface area contributed by atoms with Gasteiger partial charge in [0.1, 0.15) is 6.04 Å². The molecule has 2 N–H and O–H groups in total. The Kier molecular flexibility index (Phi) is 12.0. The molecule has 2 aromatic carbocycles. The minimum Gasteiger partial charge on any atom is -0.354 e. The minimum absolute atomic E-state index is 0.00724. The lowest BCUT2D eigenvalue weighted by Crippen LogP contribution is -2.52. The number of hydrogen-bond acceptors (Lipinski definition) is 6. The zero-order valence-electron chi connectivity index (χ0n) is 21.5. The first-order valence-corrected chi connectivity index (χ1v) is 12.8. The van der Waals surface area contributed by atoms with Crippen molar-refractivity contribution in [3.8, 4) is 0 Å². The van der Waals surface area contributed by atoms with E-state index in [4.69, 9.17) is 4.94 Å². The fourth-order valence-electron chi connectivity index (χ4n) is 4.23. The van der Waals surface area contributed by atoms with Crippen LogP contribution in [0.3, 0.4) is 0 Å². The number of nitrogens with zero attached hydrogens (tertiary/aromatic N) is 2. The van der Waals surface area contributed by atoms with Crippen molar-refractivity contribution < 1.29 is 14.7 Å². The summed E-state index contributed by atoms with van der Waals surface area (Å²) in [6.07, 6.45) is 7.08. The maximum Gasteiger partial charge on any atom is 0.269 e. The first kappa shape index (κ1) is 28.1. The van der Waals surface area contributed by atoms with Crippen molar-refractivity contribution >= 4 is 23.0 Å². The van der Waals surface area contributed by atoms with Crippen molar-refractivity contribution in [2.75, 3.05) is 17.1 Å². The number of aryl methyl sites for hydroxylation is 1. The van der Waals surface area contributed by atoms with E-state index in [1.807, 2.05) is 45.0 Å². The topological polar surface area (TPSA) is 96.7 Å². The molecule has 1 aliphatic rings. The molecule has 3 rings (SSSR count). The number of unbranched alkanes of at least 4 members (excludes halogenated alkanes) is 1. The third kappa shape index (κ3) is 8.24. The summed E-state index contributed by atoms with van der Waals surface area (Å²) in [4.78, 5) is 30.2. The van der Waals surface area contributed by atoms with Gasteiger partial charge in [-0.3, -0.25) is 14.9 Å². The molecule has 2 aromatic rings. The zero-order valence-corrected chi connectivity index (χ0v) is 21.5. The summed E-state index contributed by atoms with van der Waals surface area (Å²) < 4.78 is 0. The molecule has 8 heteroatoms. The van der Waals surface area contributed by atoms with Gasteiger partial charge in [0.2, 0.25) is 5.91 Å². The standard InChI is InChI=1S/C25H34N4O4.C2H6/c1-3-4-18-26-25(30)24(20-11-6-5-7-12-20)28(21-14-16-22(17-15-21)29(31)32)33-27-23-13-9-8-10-19(23)2;1-2/h8-10,13-17,20,24,27H,3-7,11-12,18H2,1-2H3,(H,26,30);1-2H3. The van der Waals surface area contributed by atoms with E-state index in [1.165, 1.54) is 18.6 Å². The van der Waals surface area contributed by atoms with E-state index >= 15 is 0 Å². The predicted octanol–water partition coefficient (Wildman–Crippen LogP) is 6.56. The normalized spacial score (nSPS) is 14.3. The lowest BCUT2D eigenvalue weighted by atomic mass is 9.83. The average Bonchev–Trinajstić information content (AvgIpc) is 2.89. The highest BCUT2D eigenvalue weighted by molar-refractivity contribution is 5.85. The van der Waals surface area contributed by atoms with Gasteiger partial charge in [-0.25, -0.2) is 10.5 Å². The van der Waals surface area contributed by atoms with Crippen LogP contribution in [0.25, 0.3) is 0 Å². The molecule has 0 radical (unpaired) electrons. The lowest BCUT2D eigenvalue weighted by molar-refractivity contribution is -0.384. The molecule has 1 fully saturated rings. The van der Waals surface area contributed by atoms with Crippen LogP contribution in [0.4, 0.5) is 17.1 Å². The van der Waals surface area contributed by atoms with Crippen molar-refractivity contribution in [1.82, 2.24) is 5.32 Å². The highest BCUT2D eigenvalue weighted by atomic mass is 16.8. The lowest BCUT2D eigenvalue weighted by Gasteiger charge is -2.37. The number of nitro benzene ring substituents is 1. The molecule has 0 spiro atoms. The second-order valence-corrected chi connectivity index (χ2v) is 8.60. The Morgan fingerprint density at radius 2 is 1.77 bits per heavy atom. The molecule has 192 valence electrons. The molecule has 1 saturated carbocycles. The van der Waals surface area contributed by atoms with Gasteiger partial charge in [0.15, 0.2) is 0 Å². The van der Waals surface area contributed by atoms with Gasteiger partial charge in [-0.15, -0.1) is 0 Å². The summed E-state index contributed by atoms with van der Waals surface area (Å²) in [5, 5.41) is 15.8. The molecule has 35 heavy (non-hydrogen) atoms. The molecule has 1 amide bonds. The quantitative estimate of drug-likeness (QED) is 0.213. The number of hydroxylamine groups is 1. The van der Waals surface area contributed by atoms with E-state index in [9.17, 15) is 14.9 Å². The Labute approximate surface area is 209 Å². The summed E-state index contributed by atoms with van der Waals surface area (Å²) in [6, 6.07) is 13.3. The van der Waals surface area contributed by atoms with Gasteiger partial charge in [-0.05, 0) is 55.9 Å². The highest BCUT2D eigenvalue weighted by Gasteiger charge is 2.36. The smallest absolute Gasteiger partial charge is 0.269 e. The van der Waals surface area contributed by atoms with Crippen molar-refractivity contribution in [2.45, 2.75) is 78.7 Å². The van der Waals surface area contributed by atoms with Gasteiger partial charge in [0, 0.05) is 18.7 Å². The number of benzene rings is 2. The van der Waals surface area contributed by atoms with E-state index in [0.29, 0.717) is 12.2 Å². The number of carbonyl (C=O) groups is 1. The molecule has 1 atom stereocenters. The Hall–Kier alpha value is -3.13. The maximum atomic E-state index is 13.4. The molecular formula is C27H40N4O4. The Bertz CT molecular complexity index is 914. The van der Waals surface area contributed by atoms with Crippen LogP contribution in [0.15, 0.2) is 48.5 Å². The van der Waals surface area contributed by atoms with E-state index in [1.54, 1.807) is 17.2 Å². The number of nitro groups is 1. The van der Waals surface area contributed by atoms with E-state index < -0.39 is 11.0 Å². The first-order valence-electron chi connectivity index (χ1n) is 12.8. The maximum absolute atomic E-state index is 13.4. The molecular weight excluding hydrogens is 444 g/mol. The van der Waals surface area contributed by atoms with E-state index in [2.05, 4.69) is 17.7 Å². The van der Waals surface area contributed by atoms with Crippen LogP contribution in [0.1, 0.15) is 71.3 Å². The molecule has 0 saturated heterocycles. The van der Waals surface area contributed by atoms with Crippen LogP contribution < -0.4 is 15.9 Å². The molecule has 1 unspecified atom stereocenters. The number of nitrogens with one attached hydrogen (secondary N) is 2. The Balaban J connectivity index is 0.00000210. The fourth-order valence-corrected chi connectivity index (χ4v) is 4.23. The molecule has 8 nitrogen and oxygen atoms in total. The summed E-state index contributed by atoms with van der Waals surface area (Å²) in [5.41, 5.74) is 5.37. The summed E-state index contributed by atoms with van der Waals surface area (Å²) in [5.74, 6) is 0.0366. The third-order valence-electron chi connectivity index (χ3n) is 6.16. The number of para-hydroxylation sites is 1. The van der Waals surface area contributed by atoms with Gasteiger partial charge >= 0.3 is 0 Å². The summed E-state index contributed by atoms with van der Waals surface area (Å²) in [7, 11) is 0. The second-order valence-electron chi connectivity index (χ2n) is 8.60. The van der Waals surface area contributed by atoms with Gasteiger partial charge in [0.25, 0.3) is 5.69 Å². The van der Waals surface area contributed by atoms with Gasteiger partial charge < -0.3 is 5.32 Å². The van der Waals surface area contributed by atoms with E-state index in [-0.39, 0.29) is 17.5 Å². The second kappa shape index (κ2) is 15.0. The number of amides is 1. The monoisotopic (exact) mass is 484 g/mol. The molecule has 0 bridgehead atoms.